The number of hydrogen-bond acceptors (Lipinski definition) is 3. The van der Waals surface area contributed by atoms with Gasteiger partial charge in [-0.15, -0.1) is 0 Å². The predicted octanol–water partition coefficient (Wildman–Crippen LogP) is 0.589. The number of rotatable bonds is 5. The van der Waals surface area contributed by atoms with Crippen molar-refractivity contribution in [1.82, 2.24) is 10.3 Å². The average Bonchev–Trinajstić information content (AvgIpc) is 2.13. The van der Waals surface area contributed by atoms with E-state index in [4.69, 9.17) is 5.84 Å². The van der Waals surface area contributed by atoms with E-state index < -0.39 is 0 Å². The second-order valence-electron chi connectivity index (χ2n) is 4.37. The molecule has 0 rings (SSSR count). The molecule has 0 aromatic carbocycles. The fourth-order valence-electron chi connectivity index (χ4n) is 1.47. The summed E-state index contributed by atoms with van der Waals surface area (Å²) in [5, 5.41) is 0. The van der Waals surface area contributed by atoms with E-state index in [0.717, 1.165) is 6.54 Å². The molecule has 4 heteroatoms. The number of hydrazine groups is 1. The maximum atomic E-state index is 11.3. The van der Waals surface area contributed by atoms with Gasteiger partial charge in [-0.05, 0) is 19.9 Å². The zero-order valence-corrected chi connectivity index (χ0v) is 9.87. The van der Waals surface area contributed by atoms with Crippen LogP contribution in [0.2, 0.25) is 0 Å². The molecule has 0 saturated heterocycles. The van der Waals surface area contributed by atoms with Crippen molar-refractivity contribution in [2.24, 2.45) is 17.7 Å². The van der Waals surface area contributed by atoms with Crippen LogP contribution in [-0.4, -0.2) is 30.4 Å². The maximum Gasteiger partial charge on any atom is 0.238 e. The van der Waals surface area contributed by atoms with Gasteiger partial charge in [-0.25, -0.2) is 5.84 Å². The lowest BCUT2D eigenvalue weighted by Crippen LogP contribution is -2.45. The van der Waals surface area contributed by atoms with Crippen molar-refractivity contribution in [2.75, 3.05) is 13.6 Å². The minimum atomic E-state index is -0.104. The summed E-state index contributed by atoms with van der Waals surface area (Å²) in [6.45, 7) is 9.25. The van der Waals surface area contributed by atoms with Gasteiger partial charge in [0, 0.05) is 12.6 Å². The van der Waals surface area contributed by atoms with Crippen LogP contribution in [0.3, 0.4) is 0 Å². The van der Waals surface area contributed by atoms with E-state index >= 15 is 0 Å². The second kappa shape index (κ2) is 5.98. The van der Waals surface area contributed by atoms with Crippen LogP contribution in [0, 0.1) is 11.8 Å². The van der Waals surface area contributed by atoms with E-state index in [1.807, 2.05) is 20.9 Å². The second-order valence-corrected chi connectivity index (χ2v) is 4.37. The number of hydrogen-bond donors (Lipinski definition) is 2. The third-order valence-corrected chi connectivity index (χ3v) is 2.63. The van der Waals surface area contributed by atoms with Crippen molar-refractivity contribution in [3.05, 3.63) is 0 Å². The average molecular weight is 201 g/mol. The van der Waals surface area contributed by atoms with Gasteiger partial charge in [-0.3, -0.25) is 10.2 Å². The van der Waals surface area contributed by atoms with Gasteiger partial charge in [0.15, 0.2) is 0 Å². The van der Waals surface area contributed by atoms with Gasteiger partial charge in [0.05, 0.1) is 5.92 Å². The maximum absolute atomic E-state index is 11.3. The molecule has 0 spiro atoms. The molecule has 1 amide bonds. The number of nitrogens with one attached hydrogen (secondary N) is 1. The van der Waals surface area contributed by atoms with Crippen LogP contribution in [0.25, 0.3) is 0 Å². The summed E-state index contributed by atoms with van der Waals surface area (Å²) in [6, 6.07) is 0.209. The Labute approximate surface area is 86.8 Å². The van der Waals surface area contributed by atoms with Gasteiger partial charge in [-0.1, -0.05) is 20.8 Å². The number of nitrogens with two attached hydrogens (primary N) is 1. The van der Waals surface area contributed by atoms with Gasteiger partial charge in [0.1, 0.15) is 0 Å². The summed E-state index contributed by atoms with van der Waals surface area (Å²) in [6.07, 6.45) is 0. The smallest absolute Gasteiger partial charge is 0.238 e. The van der Waals surface area contributed by atoms with Crippen LogP contribution in [-0.2, 0) is 4.79 Å². The molecular formula is C10H23N3O. The molecule has 0 heterocycles. The normalized spacial score (nSPS) is 15.7. The molecule has 0 aliphatic carbocycles. The first kappa shape index (κ1) is 13.4. The summed E-state index contributed by atoms with van der Waals surface area (Å²) >= 11 is 0. The first-order valence-electron chi connectivity index (χ1n) is 5.10. The fraction of sp³-hybridized carbons (Fsp3) is 0.900. The lowest BCUT2D eigenvalue weighted by Gasteiger charge is -2.29. The number of carbonyl (C=O) groups excluding carboxylic acids is 1. The summed E-state index contributed by atoms with van der Waals surface area (Å²) < 4.78 is 0. The monoisotopic (exact) mass is 201 g/mol. The van der Waals surface area contributed by atoms with Crippen molar-refractivity contribution in [3.8, 4) is 0 Å². The van der Waals surface area contributed by atoms with Crippen molar-refractivity contribution < 1.29 is 4.79 Å². The largest absolute Gasteiger partial charge is 0.303 e. The molecule has 0 aromatic heterocycles. The zero-order valence-electron chi connectivity index (χ0n) is 9.87. The molecule has 0 saturated carbocycles. The van der Waals surface area contributed by atoms with Crippen LogP contribution in [0.5, 0.6) is 0 Å². The lowest BCUT2D eigenvalue weighted by atomic mass is 10.0. The van der Waals surface area contributed by atoms with Crippen molar-refractivity contribution in [1.29, 1.82) is 0 Å². The number of carbonyl (C=O) groups is 1. The Hall–Kier alpha value is -0.610. The molecule has 0 fully saturated rings. The molecule has 0 aliphatic heterocycles. The minimum Gasteiger partial charge on any atom is -0.303 e. The highest BCUT2D eigenvalue weighted by Crippen LogP contribution is 2.10. The Morgan fingerprint density at radius 3 is 2.21 bits per heavy atom. The number of nitrogens with zero attached hydrogens (tertiary/aromatic N) is 1. The standard InChI is InChI=1S/C10H23N3O/c1-7(2)6-13(5)9(4)8(3)10(14)12-11/h7-9H,6,11H2,1-5H3,(H,12,14). The molecule has 2 unspecified atom stereocenters. The fourth-order valence-corrected chi connectivity index (χ4v) is 1.47. The highest BCUT2D eigenvalue weighted by Gasteiger charge is 2.22. The third kappa shape index (κ3) is 4.07. The lowest BCUT2D eigenvalue weighted by molar-refractivity contribution is -0.126. The first-order chi connectivity index (χ1) is 6.40. The third-order valence-electron chi connectivity index (χ3n) is 2.63. The van der Waals surface area contributed by atoms with E-state index in [1.165, 1.54) is 0 Å². The molecule has 3 N–H and O–H groups in total. The van der Waals surface area contributed by atoms with Crippen LogP contribution in [0.1, 0.15) is 27.7 Å². The van der Waals surface area contributed by atoms with Crippen LogP contribution >= 0.6 is 0 Å². The SMILES string of the molecule is CC(C)CN(C)C(C)C(C)C(=O)NN. The van der Waals surface area contributed by atoms with Gasteiger partial charge < -0.3 is 4.90 Å². The molecule has 0 aliphatic rings. The molecule has 84 valence electrons. The Bertz CT molecular complexity index is 182. The summed E-state index contributed by atoms with van der Waals surface area (Å²) in [5.41, 5.74) is 2.19. The summed E-state index contributed by atoms with van der Waals surface area (Å²) in [4.78, 5) is 13.5. The Morgan fingerprint density at radius 1 is 1.36 bits per heavy atom. The summed E-state index contributed by atoms with van der Waals surface area (Å²) in [5.74, 6) is 5.52. The van der Waals surface area contributed by atoms with E-state index in [9.17, 15) is 4.79 Å². The Kier molecular flexibility index (Phi) is 5.72. The highest BCUT2D eigenvalue weighted by atomic mass is 16.2. The van der Waals surface area contributed by atoms with Gasteiger partial charge >= 0.3 is 0 Å². The van der Waals surface area contributed by atoms with Crippen LogP contribution in [0.4, 0.5) is 0 Å². The Balaban J connectivity index is 4.16. The van der Waals surface area contributed by atoms with Crippen LogP contribution in [0.15, 0.2) is 0 Å². The zero-order chi connectivity index (χ0) is 11.3. The highest BCUT2D eigenvalue weighted by molar-refractivity contribution is 5.78. The van der Waals surface area contributed by atoms with Crippen molar-refractivity contribution in [2.45, 2.75) is 33.7 Å². The van der Waals surface area contributed by atoms with Gasteiger partial charge in [0.25, 0.3) is 0 Å². The van der Waals surface area contributed by atoms with E-state index in [2.05, 4.69) is 24.2 Å². The predicted molar refractivity (Wildman–Crippen MR) is 58.4 cm³/mol. The van der Waals surface area contributed by atoms with Crippen molar-refractivity contribution >= 4 is 5.91 Å². The Morgan fingerprint density at radius 2 is 1.86 bits per heavy atom. The topological polar surface area (TPSA) is 58.4 Å². The molecule has 0 aromatic rings. The molecule has 2 atom stereocenters. The van der Waals surface area contributed by atoms with E-state index in [1.54, 1.807) is 0 Å². The molecular weight excluding hydrogens is 178 g/mol. The molecule has 0 radical (unpaired) electrons. The quantitative estimate of drug-likeness (QED) is 0.389. The van der Waals surface area contributed by atoms with Crippen molar-refractivity contribution in [3.63, 3.8) is 0 Å². The molecule has 4 nitrogen and oxygen atoms in total. The van der Waals surface area contributed by atoms with Gasteiger partial charge in [0.2, 0.25) is 5.91 Å². The molecule has 14 heavy (non-hydrogen) atoms. The molecule has 0 bridgehead atoms. The minimum absolute atomic E-state index is 0.0799. The van der Waals surface area contributed by atoms with E-state index in [0.29, 0.717) is 5.92 Å². The van der Waals surface area contributed by atoms with Gasteiger partial charge in [-0.2, -0.15) is 0 Å². The van der Waals surface area contributed by atoms with E-state index in [-0.39, 0.29) is 17.9 Å². The summed E-state index contributed by atoms with van der Waals surface area (Å²) in [7, 11) is 2.03. The first-order valence-corrected chi connectivity index (χ1v) is 5.10. The number of amides is 1. The van der Waals surface area contributed by atoms with Crippen LogP contribution < -0.4 is 11.3 Å².